The average Bonchev–Trinajstić information content (AvgIpc) is 2.63. The second-order valence-electron chi connectivity index (χ2n) is 6.64. The predicted molar refractivity (Wildman–Crippen MR) is 89.5 cm³/mol. The van der Waals surface area contributed by atoms with E-state index in [1.807, 2.05) is 0 Å². The Balaban J connectivity index is 1.91. The summed E-state index contributed by atoms with van der Waals surface area (Å²) in [5.74, 6) is 0.191. The van der Waals surface area contributed by atoms with Gasteiger partial charge in [-0.25, -0.2) is 0 Å². The van der Waals surface area contributed by atoms with E-state index in [0.29, 0.717) is 0 Å². The topological polar surface area (TPSA) is 41.1 Å². The van der Waals surface area contributed by atoms with Gasteiger partial charge in [0.2, 0.25) is 5.91 Å². The molecule has 0 aliphatic carbocycles. The van der Waals surface area contributed by atoms with Crippen molar-refractivity contribution in [2.24, 2.45) is 0 Å². The van der Waals surface area contributed by atoms with Crippen LogP contribution in [0, 0.1) is 0 Å². The lowest BCUT2D eigenvalue weighted by atomic mass is 10.1. The molecule has 0 saturated carbocycles. The molecule has 2 N–H and O–H groups in total. The third-order valence-corrected chi connectivity index (χ3v) is 4.79. The quantitative estimate of drug-likeness (QED) is 0.896. The van der Waals surface area contributed by atoms with Crippen molar-refractivity contribution in [2.75, 3.05) is 6.54 Å². The van der Waals surface area contributed by atoms with Gasteiger partial charge in [0.15, 0.2) is 0 Å². The lowest BCUT2D eigenvalue weighted by molar-refractivity contribution is -0.120. The van der Waals surface area contributed by atoms with Crippen molar-refractivity contribution < 1.29 is 4.79 Å². The van der Waals surface area contributed by atoms with E-state index in [1.54, 1.807) is 11.8 Å². The number of hydrogen-bond acceptors (Lipinski definition) is 3. The Hall–Kier alpha value is -1.00. The van der Waals surface area contributed by atoms with Crippen LogP contribution in [0.2, 0.25) is 0 Å². The van der Waals surface area contributed by atoms with E-state index in [2.05, 4.69) is 55.7 Å². The highest BCUT2D eigenvalue weighted by atomic mass is 32.2. The maximum absolute atomic E-state index is 12.0. The van der Waals surface area contributed by atoms with Gasteiger partial charge in [-0.15, -0.1) is 11.8 Å². The molecule has 1 unspecified atom stereocenters. The fraction of sp³-hybridized carbons (Fsp3) is 0.588. The second-order valence-corrected chi connectivity index (χ2v) is 7.92. The fourth-order valence-corrected chi connectivity index (χ4v) is 3.34. The number of thioether (sulfide) groups is 1. The zero-order valence-electron chi connectivity index (χ0n) is 13.2. The zero-order valence-corrected chi connectivity index (χ0v) is 14.1. The molecule has 0 radical (unpaired) electrons. The van der Waals surface area contributed by atoms with Crippen molar-refractivity contribution in [3.63, 3.8) is 0 Å². The van der Waals surface area contributed by atoms with Crippen LogP contribution in [0.1, 0.15) is 45.6 Å². The minimum atomic E-state index is 0.0612. The lowest BCUT2D eigenvalue weighted by Gasteiger charge is -2.20. The highest BCUT2D eigenvalue weighted by Crippen LogP contribution is 2.28. The molecular weight excluding hydrogens is 280 g/mol. The monoisotopic (exact) mass is 306 g/mol. The van der Waals surface area contributed by atoms with Gasteiger partial charge in [0.25, 0.3) is 0 Å². The van der Waals surface area contributed by atoms with Crippen molar-refractivity contribution in [2.45, 2.75) is 62.3 Å². The van der Waals surface area contributed by atoms with Crippen LogP contribution in [-0.2, 0) is 11.3 Å². The molecule has 4 heteroatoms. The first-order valence-corrected chi connectivity index (χ1v) is 8.60. The Morgan fingerprint density at radius 2 is 1.95 bits per heavy atom. The van der Waals surface area contributed by atoms with Gasteiger partial charge in [-0.1, -0.05) is 18.6 Å². The standard InChI is InChI=1S/C17H26N2OS/c1-17(2,3)19-12-13-7-9-14(10-8-13)21-15-6-4-5-11-18-16(15)20/h7-10,15,19H,4-6,11-12H2,1-3H3,(H,18,20). The highest BCUT2D eigenvalue weighted by Gasteiger charge is 2.21. The molecule has 1 aromatic carbocycles. The predicted octanol–water partition coefficient (Wildman–Crippen LogP) is 3.34. The van der Waals surface area contributed by atoms with Gasteiger partial charge in [0, 0.05) is 23.5 Å². The van der Waals surface area contributed by atoms with Crippen LogP contribution in [0.25, 0.3) is 0 Å². The van der Waals surface area contributed by atoms with Crippen molar-refractivity contribution >= 4 is 17.7 Å². The number of nitrogens with one attached hydrogen (secondary N) is 2. The summed E-state index contributed by atoms with van der Waals surface area (Å²) in [4.78, 5) is 13.1. The third kappa shape index (κ3) is 5.71. The van der Waals surface area contributed by atoms with E-state index >= 15 is 0 Å². The number of carbonyl (C=O) groups is 1. The molecule has 116 valence electrons. The number of amides is 1. The molecule has 2 rings (SSSR count). The molecule has 1 heterocycles. The van der Waals surface area contributed by atoms with Crippen LogP contribution < -0.4 is 10.6 Å². The van der Waals surface area contributed by atoms with Gasteiger partial charge in [0.05, 0.1) is 5.25 Å². The maximum atomic E-state index is 12.0. The summed E-state index contributed by atoms with van der Waals surface area (Å²) in [5.41, 5.74) is 1.41. The number of carbonyl (C=O) groups excluding carboxylic acids is 1. The first-order chi connectivity index (χ1) is 9.94. The first kappa shape index (κ1) is 16.4. The Morgan fingerprint density at radius 3 is 2.62 bits per heavy atom. The minimum Gasteiger partial charge on any atom is -0.355 e. The smallest absolute Gasteiger partial charge is 0.233 e. The van der Waals surface area contributed by atoms with Gasteiger partial charge >= 0.3 is 0 Å². The molecule has 1 aliphatic rings. The largest absolute Gasteiger partial charge is 0.355 e. The Kier molecular flexibility index (Phi) is 5.71. The summed E-state index contributed by atoms with van der Waals surface area (Å²) in [6, 6.07) is 8.55. The molecule has 0 aromatic heterocycles. The van der Waals surface area contributed by atoms with Crippen LogP contribution in [-0.4, -0.2) is 23.2 Å². The van der Waals surface area contributed by atoms with Crippen molar-refractivity contribution in [3.05, 3.63) is 29.8 Å². The summed E-state index contributed by atoms with van der Waals surface area (Å²) in [6.45, 7) is 8.21. The highest BCUT2D eigenvalue weighted by molar-refractivity contribution is 8.00. The molecular formula is C17H26N2OS. The van der Waals surface area contributed by atoms with Crippen LogP contribution >= 0.6 is 11.8 Å². The molecule has 1 amide bonds. The van der Waals surface area contributed by atoms with Crippen molar-refractivity contribution in [1.82, 2.24) is 10.6 Å². The summed E-state index contributed by atoms with van der Waals surface area (Å²) < 4.78 is 0. The van der Waals surface area contributed by atoms with Gasteiger partial charge in [-0.2, -0.15) is 0 Å². The van der Waals surface area contributed by atoms with Gasteiger partial charge in [-0.3, -0.25) is 4.79 Å². The molecule has 1 saturated heterocycles. The minimum absolute atomic E-state index is 0.0612. The second kappa shape index (κ2) is 7.32. The third-order valence-electron chi connectivity index (χ3n) is 3.51. The molecule has 21 heavy (non-hydrogen) atoms. The number of hydrogen-bond donors (Lipinski definition) is 2. The van der Waals surface area contributed by atoms with Crippen molar-refractivity contribution in [1.29, 1.82) is 0 Å². The van der Waals surface area contributed by atoms with Crippen LogP contribution in [0.3, 0.4) is 0 Å². The molecule has 3 nitrogen and oxygen atoms in total. The Bertz CT molecular complexity index is 465. The normalized spacial score (nSPS) is 20.0. The Morgan fingerprint density at radius 1 is 1.24 bits per heavy atom. The van der Waals surface area contributed by atoms with E-state index in [9.17, 15) is 4.79 Å². The van der Waals surface area contributed by atoms with Gasteiger partial charge in [0.1, 0.15) is 0 Å². The lowest BCUT2D eigenvalue weighted by Crippen LogP contribution is -2.35. The van der Waals surface area contributed by atoms with E-state index in [0.717, 1.165) is 32.4 Å². The Labute approximate surface area is 132 Å². The molecule has 0 bridgehead atoms. The zero-order chi connectivity index (χ0) is 15.3. The molecule has 1 aliphatic heterocycles. The summed E-state index contributed by atoms with van der Waals surface area (Å²) in [6.07, 6.45) is 3.20. The first-order valence-electron chi connectivity index (χ1n) is 7.72. The number of benzene rings is 1. The molecule has 0 spiro atoms. The molecule has 1 aromatic rings. The van der Waals surface area contributed by atoms with Crippen LogP contribution in [0.5, 0.6) is 0 Å². The van der Waals surface area contributed by atoms with Crippen LogP contribution in [0.15, 0.2) is 29.2 Å². The van der Waals surface area contributed by atoms with Crippen LogP contribution in [0.4, 0.5) is 0 Å². The summed E-state index contributed by atoms with van der Waals surface area (Å²) in [7, 11) is 0. The van der Waals surface area contributed by atoms with E-state index in [-0.39, 0.29) is 16.7 Å². The van der Waals surface area contributed by atoms with E-state index in [4.69, 9.17) is 0 Å². The van der Waals surface area contributed by atoms with E-state index < -0.39 is 0 Å². The SMILES string of the molecule is CC(C)(C)NCc1ccc(SC2CCCCNC2=O)cc1. The summed E-state index contributed by atoms with van der Waals surface area (Å²) >= 11 is 1.69. The summed E-state index contributed by atoms with van der Waals surface area (Å²) in [5, 5.41) is 6.54. The molecule has 1 fully saturated rings. The van der Waals surface area contributed by atoms with E-state index in [1.165, 1.54) is 10.5 Å². The van der Waals surface area contributed by atoms with Crippen molar-refractivity contribution in [3.8, 4) is 0 Å². The average molecular weight is 306 g/mol. The maximum Gasteiger partial charge on any atom is 0.233 e. The fourth-order valence-electron chi connectivity index (χ4n) is 2.24. The van der Waals surface area contributed by atoms with Gasteiger partial charge in [-0.05, 0) is 51.3 Å². The molecule has 1 atom stereocenters. The number of rotatable bonds is 4. The van der Waals surface area contributed by atoms with Gasteiger partial charge < -0.3 is 10.6 Å².